The first kappa shape index (κ1) is 15.2. The summed E-state index contributed by atoms with van der Waals surface area (Å²) in [6.07, 6.45) is 3.43. The van der Waals surface area contributed by atoms with Crippen LogP contribution in [0.4, 0.5) is 0 Å². The van der Waals surface area contributed by atoms with E-state index < -0.39 is 10.8 Å². The van der Waals surface area contributed by atoms with Crippen molar-refractivity contribution in [1.82, 2.24) is 10.6 Å². The summed E-state index contributed by atoms with van der Waals surface area (Å²) in [5.74, 6) is 0.624. The third-order valence-corrected chi connectivity index (χ3v) is 4.43. The highest BCUT2D eigenvalue weighted by molar-refractivity contribution is 7.84. The summed E-state index contributed by atoms with van der Waals surface area (Å²) < 4.78 is 11.5. The minimum Gasteiger partial charge on any atom is -0.348 e. The van der Waals surface area contributed by atoms with Crippen molar-refractivity contribution in [3.05, 3.63) is 35.9 Å². The molecular formula is C15H22N2O2S. The van der Waals surface area contributed by atoms with Crippen molar-refractivity contribution in [2.75, 3.05) is 25.1 Å². The van der Waals surface area contributed by atoms with Crippen LogP contribution < -0.4 is 10.6 Å². The number of hydrogen-bond acceptors (Lipinski definition) is 3. The van der Waals surface area contributed by atoms with Gasteiger partial charge in [-0.2, -0.15) is 0 Å². The molecule has 1 saturated heterocycles. The number of carbonyl (C=O) groups excluding carboxylic acids is 1. The number of nitrogens with one attached hydrogen (secondary N) is 2. The lowest BCUT2D eigenvalue weighted by Crippen LogP contribution is -2.40. The number of carbonyl (C=O) groups is 1. The number of hydrogen-bond donors (Lipinski definition) is 2. The Hall–Kier alpha value is -1.20. The molecule has 1 aromatic carbocycles. The highest BCUT2D eigenvalue weighted by atomic mass is 32.2. The molecule has 0 spiro atoms. The first-order valence-electron chi connectivity index (χ1n) is 7.03. The van der Waals surface area contributed by atoms with Crippen molar-refractivity contribution >= 4 is 16.7 Å². The lowest BCUT2D eigenvalue weighted by molar-refractivity contribution is -0.126. The van der Waals surface area contributed by atoms with Crippen LogP contribution in [0, 0.1) is 5.92 Å². The molecule has 0 bridgehead atoms. The summed E-state index contributed by atoms with van der Waals surface area (Å²) in [6, 6.07) is 9.61. The Balaban J connectivity index is 2.03. The Morgan fingerprint density at radius 3 is 2.60 bits per heavy atom. The maximum atomic E-state index is 12.3. The Bertz CT molecular complexity index is 458. The smallest absolute Gasteiger partial charge is 0.223 e. The van der Waals surface area contributed by atoms with Crippen molar-refractivity contribution in [3.8, 4) is 0 Å². The predicted molar refractivity (Wildman–Crippen MR) is 81.9 cm³/mol. The maximum absolute atomic E-state index is 12.3. The second kappa shape index (κ2) is 7.55. The van der Waals surface area contributed by atoms with Gasteiger partial charge in [-0.25, -0.2) is 0 Å². The number of piperidine rings is 1. The topological polar surface area (TPSA) is 58.2 Å². The molecule has 0 radical (unpaired) electrons. The van der Waals surface area contributed by atoms with Crippen LogP contribution in [-0.4, -0.2) is 35.2 Å². The zero-order chi connectivity index (χ0) is 14.4. The van der Waals surface area contributed by atoms with E-state index in [1.807, 2.05) is 30.3 Å². The Labute approximate surface area is 122 Å². The molecule has 1 fully saturated rings. The third kappa shape index (κ3) is 4.42. The predicted octanol–water partition coefficient (Wildman–Crippen LogP) is 1.22. The van der Waals surface area contributed by atoms with Crippen LogP contribution in [-0.2, 0) is 15.6 Å². The van der Waals surface area contributed by atoms with Gasteiger partial charge in [0.1, 0.15) is 0 Å². The van der Waals surface area contributed by atoms with Gasteiger partial charge in [-0.05, 0) is 31.5 Å². The van der Waals surface area contributed by atoms with Crippen molar-refractivity contribution in [2.24, 2.45) is 5.92 Å². The summed E-state index contributed by atoms with van der Waals surface area (Å²) >= 11 is 0. The molecular weight excluding hydrogens is 272 g/mol. The molecule has 5 heteroatoms. The highest BCUT2D eigenvalue weighted by Gasteiger charge is 2.24. The van der Waals surface area contributed by atoms with Gasteiger partial charge in [-0.3, -0.25) is 9.00 Å². The van der Waals surface area contributed by atoms with Crippen LogP contribution in [0.3, 0.4) is 0 Å². The van der Waals surface area contributed by atoms with E-state index in [0.29, 0.717) is 5.75 Å². The third-order valence-electron chi connectivity index (χ3n) is 3.63. The highest BCUT2D eigenvalue weighted by Crippen LogP contribution is 2.17. The summed E-state index contributed by atoms with van der Waals surface area (Å²) in [4.78, 5) is 12.3. The van der Waals surface area contributed by atoms with Gasteiger partial charge in [-0.1, -0.05) is 30.3 Å². The van der Waals surface area contributed by atoms with Gasteiger partial charge in [0.15, 0.2) is 0 Å². The molecule has 2 N–H and O–H groups in total. The standard InChI is InChI=1S/C15H22N2O2S/c1-20(19)11-14(12-5-3-2-4-6-12)17-15(18)13-7-9-16-10-8-13/h2-6,13-14,16H,7-11H2,1H3,(H,17,18). The van der Waals surface area contributed by atoms with E-state index in [2.05, 4.69) is 10.6 Å². The molecule has 0 aliphatic carbocycles. The van der Waals surface area contributed by atoms with E-state index in [-0.39, 0.29) is 17.9 Å². The van der Waals surface area contributed by atoms with E-state index in [4.69, 9.17) is 0 Å². The van der Waals surface area contributed by atoms with E-state index >= 15 is 0 Å². The number of benzene rings is 1. The Kier molecular flexibility index (Phi) is 5.73. The molecule has 20 heavy (non-hydrogen) atoms. The molecule has 2 atom stereocenters. The fourth-order valence-corrected chi connectivity index (χ4v) is 3.26. The van der Waals surface area contributed by atoms with Gasteiger partial charge in [0.05, 0.1) is 6.04 Å². The molecule has 2 unspecified atom stereocenters. The molecule has 1 amide bonds. The molecule has 0 aromatic heterocycles. The summed E-state index contributed by atoms with van der Waals surface area (Å²) in [5, 5.41) is 6.33. The van der Waals surface area contributed by atoms with Crippen molar-refractivity contribution < 1.29 is 9.00 Å². The van der Waals surface area contributed by atoms with Crippen LogP contribution in [0.2, 0.25) is 0 Å². The molecule has 110 valence electrons. The van der Waals surface area contributed by atoms with Crippen LogP contribution in [0.1, 0.15) is 24.4 Å². The van der Waals surface area contributed by atoms with E-state index in [1.165, 1.54) is 0 Å². The number of rotatable bonds is 5. The van der Waals surface area contributed by atoms with Gasteiger partial charge >= 0.3 is 0 Å². The molecule has 1 heterocycles. The monoisotopic (exact) mass is 294 g/mol. The maximum Gasteiger partial charge on any atom is 0.223 e. The van der Waals surface area contributed by atoms with Crippen LogP contribution in [0.15, 0.2) is 30.3 Å². The SMILES string of the molecule is CS(=O)CC(NC(=O)C1CCNCC1)c1ccccc1. The van der Waals surface area contributed by atoms with Crippen LogP contribution in [0.25, 0.3) is 0 Å². The van der Waals surface area contributed by atoms with Gasteiger partial charge in [0, 0.05) is 28.7 Å². The fourth-order valence-electron chi connectivity index (χ4n) is 2.51. The summed E-state index contributed by atoms with van der Waals surface area (Å²) in [6.45, 7) is 1.79. The van der Waals surface area contributed by atoms with Crippen molar-refractivity contribution in [2.45, 2.75) is 18.9 Å². The molecule has 2 rings (SSSR count). The molecule has 0 saturated carbocycles. The summed E-state index contributed by atoms with van der Waals surface area (Å²) in [5.41, 5.74) is 1.02. The zero-order valence-electron chi connectivity index (χ0n) is 11.8. The molecule has 1 aliphatic heterocycles. The largest absolute Gasteiger partial charge is 0.348 e. The van der Waals surface area contributed by atoms with Gasteiger partial charge in [0.2, 0.25) is 5.91 Å². The van der Waals surface area contributed by atoms with Crippen LogP contribution in [0.5, 0.6) is 0 Å². The quantitative estimate of drug-likeness (QED) is 0.858. The second-order valence-corrected chi connectivity index (χ2v) is 6.72. The van der Waals surface area contributed by atoms with Crippen molar-refractivity contribution in [1.29, 1.82) is 0 Å². The first-order valence-corrected chi connectivity index (χ1v) is 8.75. The van der Waals surface area contributed by atoms with Crippen molar-refractivity contribution in [3.63, 3.8) is 0 Å². The van der Waals surface area contributed by atoms with E-state index in [1.54, 1.807) is 6.26 Å². The minimum atomic E-state index is -0.945. The van der Waals surface area contributed by atoms with Gasteiger partial charge in [-0.15, -0.1) is 0 Å². The minimum absolute atomic E-state index is 0.0766. The van der Waals surface area contributed by atoms with E-state index in [9.17, 15) is 9.00 Å². The van der Waals surface area contributed by atoms with Gasteiger partial charge < -0.3 is 10.6 Å². The lowest BCUT2D eigenvalue weighted by Gasteiger charge is -2.25. The zero-order valence-corrected chi connectivity index (χ0v) is 12.6. The van der Waals surface area contributed by atoms with Crippen LogP contribution >= 0.6 is 0 Å². The fraction of sp³-hybridized carbons (Fsp3) is 0.533. The molecule has 4 nitrogen and oxygen atoms in total. The average molecular weight is 294 g/mol. The number of amides is 1. The normalized spacial score (nSPS) is 19.2. The average Bonchev–Trinajstić information content (AvgIpc) is 2.48. The second-order valence-electron chi connectivity index (χ2n) is 5.24. The summed E-state index contributed by atoms with van der Waals surface area (Å²) in [7, 11) is -0.945. The lowest BCUT2D eigenvalue weighted by atomic mass is 9.96. The molecule has 1 aliphatic rings. The first-order chi connectivity index (χ1) is 9.66. The van der Waals surface area contributed by atoms with Gasteiger partial charge in [0.25, 0.3) is 0 Å². The Morgan fingerprint density at radius 2 is 2.00 bits per heavy atom. The Morgan fingerprint density at radius 1 is 1.35 bits per heavy atom. The van der Waals surface area contributed by atoms with E-state index in [0.717, 1.165) is 31.5 Å². The molecule has 1 aromatic rings.